The van der Waals surface area contributed by atoms with Crippen LogP contribution < -0.4 is 5.32 Å². The highest BCUT2D eigenvalue weighted by Crippen LogP contribution is 1.96. The summed E-state index contributed by atoms with van der Waals surface area (Å²) in [6.07, 6.45) is 0. The van der Waals surface area contributed by atoms with E-state index in [4.69, 9.17) is 23.7 Å². The fraction of sp³-hybridized carbons (Fsp3) is 0.917. The maximum atomic E-state index is 11.5. The molecule has 1 fully saturated rings. The van der Waals surface area contributed by atoms with Crippen LogP contribution >= 0.6 is 0 Å². The zero-order valence-electron chi connectivity index (χ0n) is 11.4. The molecule has 19 heavy (non-hydrogen) atoms. The summed E-state index contributed by atoms with van der Waals surface area (Å²) in [5, 5.41) is 3.03. The van der Waals surface area contributed by atoms with Gasteiger partial charge in [-0.15, -0.1) is 0 Å². The van der Waals surface area contributed by atoms with E-state index in [9.17, 15) is 4.79 Å². The first kappa shape index (κ1) is 16.3. The van der Waals surface area contributed by atoms with Gasteiger partial charge >= 0.3 is 5.97 Å². The molecule has 112 valence electrons. The van der Waals surface area contributed by atoms with Crippen LogP contribution in [-0.4, -0.2) is 78.5 Å². The number of carbonyl (C=O) groups is 1. The van der Waals surface area contributed by atoms with Crippen LogP contribution in [0.5, 0.6) is 0 Å². The fourth-order valence-electron chi connectivity index (χ4n) is 1.48. The minimum absolute atomic E-state index is 0.245. The summed E-state index contributed by atoms with van der Waals surface area (Å²) in [7, 11) is 1.63. The first-order chi connectivity index (χ1) is 9.34. The van der Waals surface area contributed by atoms with Crippen LogP contribution in [-0.2, 0) is 28.5 Å². The van der Waals surface area contributed by atoms with Crippen molar-refractivity contribution in [3.05, 3.63) is 0 Å². The Morgan fingerprint density at radius 1 is 1.16 bits per heavy atom. The van der Waals surface area contributed by atoms with E-state index in [1.54, 1.807) is 7.11 Å². The van der Waals surface area contributed by atoms with Crippen molar-refractivity contribution in [2.45, 2.75) is 6.04 Å². The molecule has 0 radical (unpaired) electrons. The molecule has 7 heteroatoms. The van der Waals surface area contributed by atoms with Crippen LogP contribution in [0.3, 0.4) is 0 Å². The predicted octanol–water partition coefficient (Wildman–Crippen LogP) is -0.802. The summed E-state index contributed by atoms with van der Waals surface area (Å²) in [5.74, 6) is -0.292. The van der Waals surface area contributed by atoms with Crippen LogP contribution in [0.4, 0.5) is 0 Å². The van der Waals surface area contributed by atoms with Crippen molar-refractivity contribution in [2.75, 3.05) is 66.5 Å². The maximum Gasteiger partial charge on any atom is 0.325 e. The van der Waals surface area contributed by atoms with Gasteiger partial charge in [-0.3, -0.25) is 4.79 Å². The van der Waals surface area contributed by atoms with Crippen molar-refractivity contribution in [3.8, 4) is 0 Å². The highest BCUT2D eigenvalue weighted by molar-refractivity contribution is 5.76. The number of ether oxygens (including phenoxy) is 5. The van der Waals surface area contributed by atoms with Crippen LogP contribution in [0.25, 0.3) is 0 Å². The first-order valence-corrected chi connectivity index (χ1v) is 6.47. The Hall–Kier alpha value is -0.730. The molecule has 1 atom stereocenters. The summed E-state index contributed by atoms with van der Waals surface area (Å²) < 4.78 is 25.5. The van der Waals surface area contributed by atoms with Gasteiger partial charge in [0.25, 0.3) is 0 Å². The normalized spacial score (nSPS) is 19.3. The molecule has 1 saturated heterocycles. The largest absolute Gasteiger partial charge is 0.462 e. The molecule has 0 bridgehead atoms. The van der Waals surface area contributed by atoms with Crippen molar-refractivity contribution < 1.29 is 28.5 Å². The van der Waals surface area contributed by atoms with Crippen molar-refractivity contribution >= 4 is 5.97 Å². The number of nitrogens with one attached hydrogen (secondary N) is 1. The van der Waals surface area contributed by atoms with Gasteiger partial charge in [0.15, 0.2) is 0 Å². The topological polar surface area (TPSA) is 75.2 Å². The van der Waals surface area contributed by atoms with Gasteiger partial charge in [-0.2, -0.15) is 0 Å². The highest BCUT2D eigenvalue weighted by atomic mass is 16.6. The van der Waals surface area contributed by atoms with E-state index in [1.807, 2.05) is 0 Å². The highest BCUT2D eigenvalue weighted by Gasteiger charge is 2.22. The van der Waals surface area contributed by atoms with Gasteiger partial charge in [-0.1, -0.05) is 0 Å². The minimum atomic E-state index is -0.355. The number of rotatable bonds is 10. The van der Waals surface area contributed by atoms with E-state index in [0.717, 1.165) is 0 Å². The molecule has 1 unspecified atom stereocenters. The van der Waals surface area contributed by atoms with Gasteiger partial charge in [0.05, 0.1) is 46.2 Å². The molecular formula is C12H23NO6. The second-order valence-electron chi connectivity index (χ2n) is 3.97. The fourth-order valence-corrected chi connectivity index (χ4v) is 1.48. The maximum absolute atomic E-state index is 11.5. The molecule has 1 heterocycles. The molecule has 0 saturated carbocycles. The standard InChI is InChI=1S/C12H23NO6/c1-15-4-5-16-6-7-17-8-9-19-12(14)11-10-18-3-2-13-11/h11,13H,2-10H2,1H3. The Bertz CT molecular complexity index is 232. The van der Waals surface area contributed by atoms with Crippen molar-refractivity contribution in [1.29, 1.82) is 0 Å². The molecule has 7 nitrogen and oxygen atoms in total. The number of hydrogen-bond donors (Lipinski definition) is 1. The van der Waals surface area contributed by atoms with Crippen LogP contribution in [0.2, 0.25) is 0 Å². The lowest BCUT2D eigenvalue weighted by atomic mass is 10.3. The molecule has 1 aliphatic heterocycles. The molecule has 0 aliphatic carbocycles. The Labute approximate surface area is 113 Å². The van der Waals surface area contributed by atoms with Gasteiger partial charge in [-0.25, -0.2) is 0 Å². The molecule has 1 N–H and O–H groups in total. The van der Waals surface area contributed by atoms with Gasteiger partial charge < -0.3 is 29.0 Å². The van der Waals surface area contributed by atoms with Gasteiger partial charge in [-0.05, 0) is 0 Å². The SMILES string of the molecule is COCCOCCOCCOC(=O)C1COCCN1. The van der Waals surface area contributed by atoms with Gasteiger partial charge in [0.2, 0.25) is 0 Å². The van der Waals surface area contributed by atoms with Gasteiger partial charge in [0, 0.05) is 13.7 Å². The lowest BCUT2D eigenvalue weighted by molar-refractivity contribution is -0.150. The second-order valence-corrected chi connectivity index (χ2v) is 3.97. The van der Waals surface area contributed by atoms with Crippen molar-refractivity contribution in [2.24, 2.45) is 0 Å². The molecule has 1 rings (SSSR count). The zero-order chi connectivity index (χ0) is 13.8. The molecule has 0 aromatic rings. The van der Waals surface area contributed by atoms with Crippen molar-refractivity contribution in [1.82, 2.24) is 5.32 Å². The molecule has 0 spiro atoms. The van der Waals surface area contributed by atoms with Crippen LogP contribution in [0.15, 0.2) is 0 Å². The number of morpholine rings is 1. The van der Waals surface area contributed by atoms with E-state index in [0.29, 0.717) is 52.8 Å². The van der Waals surface area contributed by atoms with E-state index in [2.05, 4.69) is 5.32 Å². The molecule has 1 aliphatic rings. The van der Waals surface area contributed by atoms with E-state index in [-0.39, 0.29) is 18.6 Å². The smallest absolute Gasteiger partial charge is 0.325 e. The Morgan fingerprint density at radius 2 is 1.84 bits per heavy atom. The second kappa shape index (κ2) is 11.1. The predicted molar refractivity (Wildman–Crippen MR) is 67.1 cm³/mol. The first-order valence-electron chi connectivity index (χ1n) is 6.47. The van der Waals surface area contributed by atoms with E-state index >= 15 is 0 Å². The third-order valence-electron chi connectivity index (χ3n) is 2.48. The number of hydrogen-bond acceptors (Lipinski definition) is 7. The summed E-state index contributed by atoms with van der Waals surface area (Å²) in [6.45, 7) is 4.41. The van der Waals surface area contributed by atoms with Crippen LogP contribution in [0.1, 0.15) is 0 Å². The zero-order valence-corrected chi connectivity index (χ0v) is 11.4. The lowest BCUT2D eigenvalue weighted by Crippen LogP contribution is -2.47. The molecule has 0 aromatic heterocycles. The third kappa shape index (κ3) is 8.12. The average Bonchev–Trinajstić information content (AvgIpc) is 2.46. The summed E-state index contributed by atoms with van der Waals surface area (Å²) in [4.78, 5) is 11.5. The van der Waals surface area contributed by atoms with E-state index < -0.39 is 0 Å². The van der Waals surface area contributed by atoms with Crippen LogP contribution in [0, 0.1) is 0 Å². The van der Waals surface area contributed by atoms with E-state index in [1.165, 1.54) is 0 Å². The number of esters is 1. The lowest BCUT2D eigenvalue weighted by Gasteiger charge is -2.22. The Kier molecular flexibility index (Phi) is 9.56. The summed E-state index contributed by atoms with van der Waals surface area (Å²) in [5.41, 5.74) is 0. The third-order valence-corrected chi connectivity index (χ3v) is 2.48. The van der Waals surface area contributed by atoms with Crippen molar-refractivity contribution in [3.63, 3.8) is 0 Å². The molecular weight excluding hydrogens is 254 g/mol. The minimum Gasteiger partial charge on any atom is -0.462 e. The van der Waals surface area contributed by atoms with Gasteiger partial charge in [0.1, 0.15) is 12.6 Å². The summed E-state index contributed by atoms with van der Waals surface area (Å²) >= 11 is 0. The Morgan fingerprint density at radius 3 is 2.47 bits per heavy atom. The number of methoxy groups -OCH3 is 1. The quantitative estimate of drug-likeness (QED) is 0.414. The molecule has 0 aromatic carbocycles. The number of carbonyl (C=O) groups excluding carboxylic acids is 1. The Balaban J connectivity index is 1.86. The molecule has 0 amide bonds. The monoisotopic (exact) mass is 277 g/mol. The summed E-state index contributed by atoms with van der Waals surface area (Å²) in [6, 6.07) is -0.355. The average molecular weight is 277 g/mol.